The van der Waals surface area contributed by atoms with Gasteiger partial charge in [-0.3, -0.25) is 0 Å². The van der Waals surface area contributed by atoms with Crippen LogP contribution in [0.4, 0.5) is 0 Å². The van der Waals surface area contributed by atoms with E-state index in [1.54, 1.807) is 0 Å². The molecule has 2 heterocycles. The summed E-state index contributed by atoms with van der Waals surface area (Å²) >= 11 is 0. The van der Waals surface area contributed by atoms with Gasteiger partial charge in [0, 0.05) is 24.3 Å². The van der Waals surface area contributed by atoms with Gasteiger partial charge in [-0.25, -0.2) is 8.42 Å². The van der Waals surface area contributed by atoms with E-state index in [4.69, 9.17) is 0 Å². The molecule has 0 bridgehead atoms. The lowest BCUT2D eigenvalue weighted by molar-refractivity contribution is -0.913. The first kappa shape index (κ1) is 16.0. The summed E-state index contributed by atoms with van der Waals surface area (Å²) < 4.78 is 33.1. The van der Waals surface area contributed by atoms with Crippen molar-refractivity contribution in [2.75, 3.05) is 5.75 Å². The van der Waals surface area contributed by atoms with E-state index in [0.717, 1.165) is 12.7 Å². The number of hydrogen-bond acceptors (Lipinski definition) is 3. The van der Waals surface area contributed by atoms with E-state index in [0.29, 0.717) is 0 Å². The fraction of sp³-hybridized carbons (Fsp3) is 0.143. The lowest BCUT2D eigenvalue weighted by Crippen LogP contribution is -2.50. The molecule has 0 aromatic carbocycles. The maximum atomic E-state index is 9.60. The van der Waals surface area contributed by atoms with Crippen LogP contribution in [0.2, 0.25) is 0 Å². The van der Waals surface area contributed by atoms with Crippen molar-refractivity contribution in [3.8, 4) is 0 Å². The van der Waals surface area contributed by atoms with Crippen molar-refractivity contribution in [2.45, 2.75) is 6.67 Å². The van der Waals surface area contributed by atoms with Gasteiger partial charge < -0.3 is 4.55 Å². The van der Waals surface area contributed by atoms with Crippen molar-refractivity contribution >= 4 is 10.1 Å². The zero-order valence-corrected chi connectivity index (χ0v) is 11.8. The predicted octanol–water partition coefficient (Wildman–Crippen LogP) is 0.485. The van der Waals surface area contributed by atoms with Gasteiger partial charge in [-0.05, 0) is 0 Å². The third kappa shape index (κ3) is 7.40. The van der Waals surface area contributed by atoms with Crippen molar-refractivity contribution in [1.82, 2.24) is 0 Å². The molecule has 0 fully saturated rings. The zero-order chi connectivity index (χ0) is 14.8. The predicted molar refractivity (Wildman–Crippen MR) is 73.4 cm³/mol. The molecule has 0 saturated heterocycles. The third-order valence-electron chi connectivity index (χ3n) is 2.20. The Morgan fingerprint density at radius 2 is 1.30 bits per heavy atom. The molecule has 5 nitrogen and oxygen atoms in total. The van der Waals surface area contributed by atoms with Gasteiger partial charge in [0.25, 0.3) is 0 Å². The van der Waals surface area contributed by atoms with Gasteiger partial charge in [0.2, 0.25) is 0 Å². The van der Waals surface area contributed by atoms with Gasteiger partial charge in [0.15, 0.2) is 24.8 Å². The number of hydrogen-bond donors (Lipinski definition) is 0. The second-order valence-corrected chi connectivity index (χ2v) is 5.38. The van der Waals surface area contributed by atoms with Crippen LogP contribution in [0.15, 0.2) is 73.8 Å². The summed E-state index contributed by atoms with van der Waals surface area (Å²) in [6.07, 6.45) is 9.28. The highest BCUT2D eigenvalue weighted by Gasteiger charge is 2.03. The minimum atomic E-state index is -4.04. The molecule has 2 rings (SSSR count). The molecule has 0 aliphatic heterocycles. The Kier molecular flexibility index (Phi) is 6.55. The summed E-state index contributed by atoms with van der Waals surface area (Å²) in [5.41, 5.74) is 0. The molecule has 0 radical (unpaired) electrons. The van der Waals surface area contributed by atoms with Gasteiger partial charge in [0.05, 0.1) is 15.9 Å². The average molecular weight is 293 g/mol. The Balaban J connectivity index is 0.000000246. The first-order chi connectivity index (χ1) is 9.51. The molecular weight excluding hydrogens is 276 g/mol. The zero-order valence-electron chi connectivity index (χ0n) is 11.0. The quantitative estimate of drug-likeness (QED) is 0.468. The average Bonchev–Trinajstić information content (AvgIpc) is 2.40. The molecule has 0 saturated carbocycles. The minimum Gasteiger partial charge on any atom is -0.748 e. The molecule has 2 aromatic rings. The van der Waals surface area contributed by atoms with Crippen LogP contribution in [-0.4, -0.2) is 18.7 Å². The number of rotatable bonds is 4. The minimum absolute atomic E-state index is 0.479. The number of pyridine rings is 2. The first-order valence-electron chi connectivity index (χ1n) is 5.94. The smallest absolute Gasteiger partial charge is 0.343 e. The third-order valence-corrected chi connectivity index (χ3v) is 2.85. The van der Waals surface area contributed by atoms with Crippen LogP contribution in [0.25, 0.3) is 0 Å². The maximum Gasteiger partial charge on any atom is 0.343 e. The fourth-order valence-corrected chi connectivity index (χ4v) is 1.68. The van der Waals surface area contributed by atoms with Crippen molar-refractivity contribution < 1.29 is 22.1 Å². The van der Waals surface area contributed by atoms with Crippen molar-refractivity contribution in [3.63, 3.8) is 0 Å². The van der Waals surface area contributed by atoms with Gasteiger partial charge in [0.1, 0.15) is 0 Å². The molecule has 6 heteroatoms. The second kappa shape index (κ2) is 8.19. The molecule has 0 N–H and O–H groups in total. The number of aromatic nitrogens is 2. The van der Waals surface area contributed by atoms with Gasteiger partial charge >= 0.3 is 6.67 Å². The highest BCUT2D eigenvalue weighted by atomic mass is 32.2. The lowest BCUT2D eigenvalue weighted by atomic mass is 10.5. The van der Waals surface area contributed by atoms with E-state index in [1.807, 2.05) is 36.4 Å². The van der Waals surface area contributed by atoms with Crippen molar-refractivity contribution in [3.05, 3.63) is 73.8 Å². The fourth-order valence-electron chi connectivity index (χ4n) is 1.39. The van der Waals surface area contributed by atoms with E-state index in [9.17, 15) is 13.0 Å². The Morgan fingerprint density at radius 1 is 0.900 bits per heavy atom. The van der Waals surface area contributed by atoms with Crippen LogP contribution in [0.3, 0.4) is 0 Å². The molecule has 106 valence electrons. The van der Waals surface area contributed by atoms with E-state index in [1.165, 1.54) is 0 Å². The molecule has 20 heavy (non-hydrogen) atoms. The van der Waals surface area contributed by atoms with E-state index in [-0.39, 0.29) is 0 Å². The summed E-state index contributed by atoms with van der Waals surface area (Å²) in [5, 5.41) is 0. The molecule has 0 spiro atoms. The van der Waals surface area contributed by atoms with Crippen molar-refractivity contribution in [1.29, 1.82) is 0 Å². The largest absolute Gasteiger partial charge is 0.748 e. The maximum absolute atomic E-state index is 9.60. The van der Waals surface area contributed by atoms with Crippen LogP contribution >= 0.6 is 0 Å². The van der Waals surface area contributed by atoms with E-state index < -0.39 is 15.9 Å². The summed E-state index contributed by atoms with van der Waals surface area (Å²) in [4.78, 5) is 0. The molecule has 0 aliphatic rings. The summed E-state index contributed by atoms with van der Waals surface area (Å²) in [7, 11) is -4.04. The van der Waals surface area contributed by atoms with Crippen LogP contribution in [0.5, 0.6) is 0 Å². The lowest BCUT2D eigenvalue weighted by Gasteiger charge is -1.98. The Hall–Kier alpha value is -2.05. The SMILES string of the molecule is C=CCS(=O)(=O)[O-].c1cc[n+](C[n+]2ccccc2)cc1. The first-order valence-corrected chi connectivity index (χ1v) is 7.51. The second-order valence-electron chi connectivity index (χ2n) is 3.93. The molecule has 0 unspecified atom stereocenters. The molecule has 0 aliphatic carbocycles. The molecular formula is C14H17N2O3S+. The highest BCUT2D eigenvalue weighted by Crippen LogP contribution is 1.78. The topological polar surface area (TPSA) is 65.0 Å². The van der Waals surface area contributed by atoms with Crippen LogP contribution in [-0.2, 0) is 16.8 Å². The Bertz CT molecular complexity index is 576. The Labute approximate surface area is 119 Å². The summed E-state index contributed by atoms with van der Waals surface area (Å²) in [5.74, 6) is -0.479. The van der Waals surface area contributed by atoms with E-state index >= 15 is 0 Å². The molecule has 0 atom stereocenters. The normalized spacial score (nSPS) is 10.2. The van der Waals surface area contributed by atoms with Gasteiger partial charge in [-0.15, -0.1) is 15.7 Å². The van der Waals surface area contributed by atoms with Gasteiger partial charge in [-0.1, -0.05) is 18.2 Å². The highest BCUT2D eigenvalue weighted by molar-refractivity contribution is 7.85. The Morgan fingerprint density at radius 3 is 1.55 bits per heavy atom. The van der Waals surface area contributed by atoms with E-state index in [2.05, 4.69) is 40.5 Å². The monoisotopic (exact) mass is 293 g/mol. The van der Waals surface area contributed by atoms with Crippen LogP contribution in [0.1, 0.15) is 0 Å². The summed E-state index contributed by atoms with van der Waals surface area (Å²) in [6.45, 7) is 3.93. The van der Waals surface area contributed by atoms with Gasteiger partial charge in [-0.2, -0.15) is 0 Å². The number of nitrogens with zero attached hydrogens (tertiary/aromatic N) is 2. The van der Waals surface area contributed by atoms with Crippen LogP contribution in [0, 0.1) is 0 Å². The standard InChI is InChI=1S/C11H12N2.C3H6O3S/c1-3-7-12(8-4-1)11-13-9-5-2-6-10-13;1-2-3-7(4,5)6/h1-10H,11H2;2H,1,3H2,(H,4,5,6)/q+2;/p-1. The molecule has 0 amide bonds. The molecule has 2 aromatic heterocycles. The van der Waals surface area contributed by atoms with Crippen LogP contribution < -0.4 is 9.13 Å². The van der Waals surface area contributed by atoms with Crippen molar-refractivity contribution in [2.24, 2.45) is 0 Å². The summed E-state index contributed by atoms with van der Waals surface area (Å²) in [6, 6.07) is 12.2.